The Morgan fingerprint density at radius 2 is 1.44 bits per heavy atom. The molecule has 0 saturated carbocycles. The van der Waals surface area contributed by atoms with Crippen LogP contribution in [0.3, 0.4) is 0 Å². The van der Waals surface area contributed by atoms with Crippen molar-refractivity contribution in [2.45, 2.75) is 160 Å². The molecule has 6 atom stereocenters. The number of benzene rings is 2. The fourth-order valence-corrected chi connectivity index (χ4v) is 11.4. The number of carbonyl (C=O) groups is 9. The number of amides is 8. The number of para-hydroxylation sites is 1. The number of fused-ring (bicyclic) bond motifs is 1. The number of aliphatic hydroxyl groups excluding tert-OH is 1. The smallest absolute Gasteiger partial charge is 0.394 e. The van der Waals surface area contributed by atoms with Crippen LogP contribution in [-0.2, 0) is 73.3 Å². The fraction of sp³-hybridized carbons (Fsp3) is 0.552. The summed E-state index contributed by atoms with van der Waals surface area (Å²) in [5.41, 5.74) is 9.18. The van der Waals surface area contributed by atoms with Crippen LogP contribution >= 0.6 is 19.6 Å². The monoisotopic (exact) mass is 1220 g/mol. The van der Waals surface area contributed by atoms with Crippen LogP contribution in [0.15, 0.2) is 73.3 Å². The summed E-state index contributed by atoms with van der Waals surface area (Å²) >= 11 is 0.854. The van der Waals surface area contributed by atoms with Gasteiger partial charge in [-0.25, -0.2) is 9.55 Å². The lowest BCUT2D eigenvalue weighted by Gasteiger charge is -2.29. The van der Waals surface area contributed by atoms with Crippen LogP contribution in [0.25, 0.3) is 10.9 Å². The van der Waals surface area contributed by atoms with Crippen LogP contribution in [0.4, 0.5) is 0 Å². The van der Waals surface area contributed by atoms with Crippen LogP contribution in [0, 0.1) is 5.92 Å². The highest BCUT2D eigenvalue weighted by molar-refractivity contribution is 8.00. The highest BCUT2D eigenvalue weighted by atomic mass is 32.2. The lowest BCUT2D eigenvalue weighted by Crippen LogP contribution is -2.62. The second-order valence-electron chi connectivity index (χ2n) is 21.7. The molecule has 5 rings (SSSR count). The van der Waals surface area contributed by atoms with Gasteiger partial charge < -0.3 is 62.0 Å². The standard InChI is InChI=1S/C58H84N11O14PS/c1-38(2)29-45-55(76)63-46(30-43-31-60-37-68(43)28-17-8-6-5-7-11-19-41-20-12-9-13-21-41)56(77)64-47(34-70)57(78)66-53(39(3)83-84(80,81)82)58(79)65-48(54(59)75)35-85-36-52(74)67(33-51(73)62-45)27-18-10-14-24-50(72)61-26-25-42-32-69(40(4)71)49-23-16-15-22-44(42)49/h9,12-13,15-16,20-23,31-32,37-39,45-48,53,70H,5-8,10-11,14,17-19,24-30,33-36H2,1-4H3,(H2,59,75)(H,61,72)(H,62,73)(H,63,76)(H,64,77)(H,65,79)(H,66,78)(H2,80,81,82)/t39-,45+,46+,47+,48-,53+/m1/s1. The number of thioether (sulfide) groups is 1. The third-order valence-electron chi connectivity index (χ3n) is 14.4. The molecule has 4 aromatic rings. The molecule has 0 aliphatic carbocycles. The van der Waals surface area contributed by atoms with Gasteiger partial charge in [-0.3, -0.25) is 52.2 Å². The van der Waals surface area contributed by atoms with Gasteiger partial charge in [-0.05, 0) is 75.0 Å². The number of nitrogens with zero attached hydrogens (tertiary/aromatic N) is 4. The maximum Gasteiger partial charge on any atom is 0.469 e. The summed E-state index contributed by atoms with van der Waals surface area (Å²) in [6.07, 6.45) is 11.8. The Morgan fingerprint density at radius 1 is 0.788 bits per heavy atom. The zero-order chi connectivity index (χ0) is 62.1. The number of phosphoric acid groups is 1. The first-order chi connectivity index (χ1) is 40.5. The third kappa shape index (κ3) is 23.4. The molecule has 0 bridgehead atoms. The molecule has 1 fully saturated rings. The number of aliphatic hydroxyl groups is 1. The van der Waals surface area contributed by atoms with Crippen molar-refractivity contribution in [2.75, 3.05) is 37.7 Å². The van der Waals surface area contributed by atoms with Crippen LogP contribution < -0.4 is 37.6 Å². The number of aryl methyl sites for hydroxylation is 2. The van der Waals surface area contributed by atoms with Gasteiger partial charge in [0.05, 0.1) is 36.9 Å². The molecule has 0 spiro atoms. The van der Waals surface area contributed by atoms with E-state index >= 15 is 0 Å². The molecule has 0 unspecified atom stereocenters. The number of rotatable bonds is 27. The van der Waals surface area contributed by atoms with E-state index in [1.807, 2.05) is 60.9 Å². The predicted molar refractivity (Wildman–Crippen MR) is 319 cm³/mol. The first-order valence-corrected chi connectivity index (χ1v) is 31.6. The van der Waals surface area contributed by atoms with E-state index in [-0.39, 0.29) is 55.0 Å². The molecular formula is C58H84N11O14PS. The van der Waals surface area contributed by atoms with Crippen molar-refractivity contribution in [3.05, 3.63) is 90.1 Å². The van der Waals surface area contributed by atoms with Gasteiger partial charge in [0.2, 0.25) is 53.2 Å². The molecule has 8 amide bonds. The number of primary amides is 1. The van der Waals surface area contributed by atoms with E-state index in [0.717, 1.165) is 80.1 Å². The summed E-state index contributed by atoms with van der Waals surface area (Å²) in [6, 6.07) is 9.69. The number of carbonyl (C=O) groups excluding carboxylic acids is 9. The molecule has 1 saturated heterocycles. The molecule has 2 aromatic heterocycles. The Balaban J connectivity index is 1.33. The molecule has 0 radical (unpaired) electrons. The molecule has 466 valence electrons. The summed E-state index contributed by atoms with van der Waals surface area (Å²) in [7, 11) is -5.34. The minimum atomic E-state index is -5.34. The van der Waals surface area contributed by atoms with E-state index < -0.39 is 98.6 Å². The molecule has 11 N–H and O–H groups in total. The zero-order valence-electron chi connectivity index (χ0n) is 48.9. The Hall–Kier alpha value is -6.96. The van der Waals surface area contributed by atoms with Crippen molar-refractivity contribution in [1.29, 1.82) is 0 Å². The van der Waals surface area contributed by atoms with E-state index in [1.165, 1.54) is 23.6 Å². The van der Waals surface area contributed by atoms with Crippen LogP contribution in [0.1, 0.15) is 120 Å². The number of unbranched alkanes of at least 4 members (excludes halogenated alkanes) is 7. The average molecular weight is 1220 g/mol. The molecule has 1 aliphatic heterocycles. The van der Waals surface area contributed by atoms with Gasteiger partial charge >= 0.3 is 7.82 Å². The number of nitrogens with two attached hydrogens (primary N) is 1. The third-order valence-corrected chi connectivity index (χ3v) is 16.0. The van der Waals surface area contributed by atoms with Gasteiger partial charge in [0.25, 0.3) is 0 Å². The number of hydrogen-bond donors (Lipinski definition) is 10. The number of hydrogen-bond acceptors (Lipinski definition) is 14. The number of phosphoric ester groups is 1. The van der Waals surface area contributed by atoms with E-state index in [0.29, 0.717) is 44.5 Å². The van der Waals surface area contributed by atoms with Gasteiger partial charge in [0.15, 0.2) is 0 Å². The summed E-state index contributed by atoms with van der Waals surface area (Å²) < 4.78 is 20.2. The quantitative estimate of drug-likeness (QED) is 0.0303. The molecule has 85 heavy (non-hydrogen) atoms. The van der Waals surface area contributed by atoms with Crippen LogP contribution in [0.2, 0.25) is 0 Å². The van der Waals surface area contributed by atoms with E-state index in [2.05, 4.69) is 49.0 Å². The lowest BCUT2D eigenvalue weighted by atomic mass is 10.0. The normalized spacial score (nSPS) is 19.5. The SMILES string of the molecule is CC(=O)n1cc(CCNC(=O)CCCCCN2CC(=O)N[C@@H](CC(C)C)C(=O)N[C@@H](Cc3cncn3CCCCCCCCc3ccccc3)C(=O)N[C@@H](CO)C(=O)N[C@@H]([C@@H](C)OP(=O)(O)O)C(=O)N[C@@H](C(N)=O)CSCC2=O)c2ccccc21. The summed E-state index contributed by atoms with van der Waals surface area (Å²) in [5.74, 6) is -7.82. The second-order valence-corrected chi connectivity index (χ2v) is 24.0. The average Bonchev–Trinajstić information content (AvgIpc) is 3.27. The minimum Gasteiger partial charge on any atom is -0.394 e. The Labute approximate surface area is 499 Å². The van der Waals surface area contributed by atoms with Crippen molar-refractivity contribution >= 4 is 83.7 Å². The zero-order valence-corrected chi connectivity index (χ0v) is 50.6. The van der Waals surface area contributed by atoms with Crippen molar-refractivity contribution in [3.8, 4) is 0 Å². The Bertz CT molecular complexity index is 2940. The van der Waals surface area contributed by atoms with Crippen molar-refractivity contribution in [1.82, 2.24) is 50.9 Å². The van der Waals surface area contributed by atoms with Gasteiger partial charge in [-0.1, -0.05) is 94.5 Å². The van der Waals surface area contributed by atoms with Crippen molar-refractivity contribution < 1.29 is 67.1 Å². The first-order valence-electron chi connectivity index (χ1n) is 28.9. The second kappa shape index (κ2) is 34.9. The summed E-state index contributed by atoms with van der Waals surface area (Å²) in [4.78, 5) is 148. The highest BCUT2D eigenvalue weighted by Crippen LogP contribution is 2.38. The number of nitrogens with one attached hydrogen (secondary N) is 6. The van der Waals surface area contributed by atoms with E-state index in [9.17, 15) is 62.6 Å². The molecule has 25 nitrogen and oxygen atoms in total. The minimum absolute atomic E-state index is 0.0290. The Kier molecular flexibility index (Phi) is 28.2. The number of imidazole rings is 1. The predicted octanol–water partition coefficient (Wildman–Crippen LogP) is 2.56. The largest absolute Gasteiger partial charge is 0.469 e. The van der Waals surface area contributed by atoms with Crippen molar-refractivity contribution in [3.63, 3.8) is 0 Å². The highest BCUT2D eigenvalue weighted by Gasteiger charge is 2.38. The topological polar surface area (TPSA) is 365 Å². The van der Waals surface area contributed by atoms with E-state index in [1.54, 1.807) is 17.1 Å². The molecular weight excluding hydrogens is 1140 g/mol. The molecule has 1 aliphatic rings. The van der Waals surface area contributed by atoms with Crippen LogP contribution in [0.5, 0.6) is 0 Å². The summed E-state index contributed by atoms with van der Waals surface area (Å²) in [6.45, 7) is 5.43. The molecule has 27 heteroatoms. The Morgan fingerprint density at radius 3 is 2.13 bits per heavy atom. The maximum absolute atomic E-state index is 14.5. The van der Waals surface area contributed by atoms with Gasteiger partial charge in [-0.2, -0.15) is 0 Å². The van der Waals surface area contributed by atoms with E-state index in [4.69, 9.17) is 10.3 Å². The van der Waals surface area contributed by atoms with Crippen molar-refractivity contribution in [2.24, 2.45) is 11.7 Å². The van der Waals surface area contributed by atoms with Gasteiger partial charge in [-0.15, -0.1) is 11.8 Å². The summed E-state index contributed by atoms with van der Waals surface area (Å²) in [5, 5.41) is 26.8. The van der Waals surface area contributed by atoms with Gasteiger partial charge in [0.1, 0.15) is 30.2 Å². The lowest BCUT2D eigenvalue weighted by molar-refractivity contribution is -0.137. The fourth-order valence-electron chi connectivity index (χ4n) is 9.89. The van der Waals surface area contributed by atoms with Crippen LogP contribution in [-0.4, -0.2) is 161 Å². The first kappa shape index (κ1) is 68.8. The van der Waals surface area contributed by atoms with Gasteiger partial charge in [0, 0.05) is 68.6 Å². The molecule has 2 aromatic carbocycles. The molecule has 3 heterocycles. The maximum atomic E-state index is 14.5. The number of aromatic nitrogens is 3.